The van der Waals surface area contributed by atoms with E-state index in [4.69, 9.17) is 7.85 Å². The van der Waals surface area contributed by atoms with Gasteiger partial charge in [0.25, 0.3) is 0 Å². The first-order chi connectivity index (χ1) is 7.83. The summed E-state index contributed by atoms with van der Waals surface area (Å²) >= 11 is 1.63. The van der Waals surface area contributed by atoms with Crippen LogP contribution in [0.3, 0.4) is 0 Å². The van der Waals surface area contributed by atoms with E-state index in [2.05, 4.69) is 48.5 Å². The molecule has 0 aliphatic heterocycles. The Bertz CT molecular complexity index is 640. The van der Waals surface area contributed by atoms with Gasteiger partial charge >= 0.3 is 0 Å². The van der Waals surface area contributed by atoms with Gasteiger partial charge in [0, 0.05) is 4.88 Å². The first-order valence-corrected chi connectivity index (χ1v) is 5.99. The van der Waals surface area contributed by atoms with Crippen LogP contribution < -0.4 is 4.78 Å². The second-order valence-corrected chi connectivity index (χ2v) is 4.88. The highest BCUT2D eigenvalue weighted by Gasteiger charge is 2.01. The second-order valence-electron chi connectivity index (χ2n) is 3.76. The zero-order valence-electron chi connectivity index (χ0n) is 8.68. The highest BCUT2D eigenvalue weighted by molar-refractivity contribution is 7.23. The summed E-state index contributed by atoms with van der Waals surface area (Å²) < 4.78 is 0.864. The fourth-order valence-electron chi connectivity index (χ4n) is 1.85. The molecule has 74 valence electrons. The van der Waals surface area contributed by atoms with Crippen LogP contribution in [0.25, 0.3) is 21.2 Å². The Morgan fingerprint density at radius 2 is 1.62 bits per heavy atom. The van der Waals surface area contributed by atoms with Gasteiger partial charge in [-0.2, -0.15) is 11.3 Å². The molecule has 2 aromatic carbocycles. The van der Waals surface area contributed by atoms with E-state index in [1.807, 2.05) is 6.07 Å². The summed E-state index contributed by atoms with van der Waals surface area (Å²) in [6, 6.07) is 18.9. The summed E-state index contributed by atoms with van der Waals surface area (Å²) in [4.78, 5) is 1.23. The van der Waals surface area contributed by atoms with Crippen molar-refractivity contribution < 1.29 is 0 Å². The van der Waals surface area contributed by atoms with E-state index in [9.17, 15) is 0 Å². The zero-order chi connectivity index (χ0) is 11.0. The molecule has 0 saturated heterocycles. The third kappa shape index (κ3) is 1.65. The van der Waals surface area contributed by atoms with Gasteiger partial charge in [0.2, 0.25) is 0 Å². The quantitative estimate of drug-likeness (QED) is 0.551. The largest absolute Gasteiger partial charge is 0.152 e. The minimum Gasteiger partial charge on any atom is -0.152 e. The smallest absolute Gasteiger partial charge is 0.128 e. The summed E-state index contributed by atoms with van der Waals surface area (Å²) in [5, 5.41) is 2.54. The summed E-state index contributed by atoms with van der Waals surface area (Å²) in [7, 11) is 5.75. The molecule has 3 rings (SSSR count). The third-order valence-corrected chi connectivity index (χ3v) is 3.62. The highest BCUT2D eigenvalue weighted by Crippen LogP contribution is 2.26. The van der Waals surface area contributed by atoms with E-state index in [-0.39, 0.29) is 0 Å². The summed E-state index contributed by atoms with van der Waals surface area (Å²) in [6.07, 6.45) is 0. The van der Waals surface area contributed by atoms with E-state index in [0.29, 0.717) is 0 Å². The van der Waals surface area contributed by atoms with Gasteiger partial charge in [-0.25, -0.2) is 0 Å². The van der Waals surface area contributed by atoms with Crippen LogP contribution in [0.4, 0.5) is 0 Å². The molecule has 0 saturated carbocycles. The standard InChI is InChI=1S/C14H9BS/c15-14-8-7-13(16-14)12-6-5-10-3-1-2-4-11(10)9-12/h1-9H. The molecule has 1 aromatic heterocycles. The molecule has 0 N–H and O–H groups in total. The summed E-state index contributed by atoms with van der Waals surface area (Å²) in [6.45, 7) is 0. The lowest BCUT2D eigenvalue weighted by Crippen LogP contribution is -1.88. The SMILES string of the molecule is [B]c1ccc(-c2ccc3ccccc3c2)s1. The molecule has 0 nitrogen and oxygen atoms in total. The topological polar surface area (TPSA) is 0 Å². The third-order valence-electron chi connectivity index (χ3n) is 2.66. The Morgan fingerprint density at radius 3 is 2.38 bits per heavy atom. The molecule has 2 radical (unpaired) electrons. The van der Waals surface area contributed by atoms with Crippen molar-refractivity contribution >= 4 is 34.7 Å². The molecule has 0 atom stereocenters. The molecule has 1 heterocycles. The molecule has 16 heavy (non-hydrogen) atoms. The van der Waals surface area contributed by atoms with Crippen LogP contribution in [0, 0.1) is 0 Å². The van der Waals surface area contributed by atoms with Crippen LogP contribution in [0.1, 0.15) is 0 Å². The van der Waals surface area contributed by atoms with E-state index in [1.165, 1.54) is 21.2 Å². The van der Waals surface area contributed by atoms with Gasteiger partial charge in [0.15, 0.2) is 0 Å². The fourth-order valence-corrected chi connectivity index (χ4v) is 2.62. The van der Waals surface area contributed by atoms with Crippen molar-refractivity contribution in [2.75, 3.05) is 0 Å². The lowest BCUT2D eigenvalue weighted by molar-refractivity contribution is 1.74. The zero-order valence-corrected chi connectivity index (χ0v) is 9.50. The molecule has 0 fully saturated rings. The maximum atomic E-state index is 5.75. The van der Waals surface area contributed by atoms with E-state index in [0.717, 1.165) is 4.78 Å². The number of fused-ring (bicyclic) bond motifs is 1. The molecule has 0 unspecified atom stereocenters. The molecular formula is C14H9BS. The van der Waals surface area contributed by atoms with Crippen molar-refractivity contribution in [1.82, 2.24) is 0 Å². The molecule has 0 aliphatic carbocycles. The predicted octanol–water partition coefficient (Wildman–Crippen LogP) is 3.36. The maximum absolute atomic E-state index is 5.75. The van der Waals surface area contributed by atoms with Crippen molar-refractivity contribution in [3.8, 4) is 10.4 Å². The van der Waals surface area contributed by atoms with Crippen LogP contribution in [0.15, 0.2) is 54.6 Å². The summed E-state index contributed by atoms with van der Waals surface area (Å²) in [5.41, 5.74) is 1.24. The van der Waals surface area contributed by atoms with Crippen LogP contribution >= 0.6 is 11.3 Å². The number of hydrogen-bond donors (Lipinski definition) is 0. The molecular weight excluding hydrogens is 211 g/mol. The van der Waals surface area contributed by atoms with Crippen molar-refractivity contribution in [2.45, 2.75) is 0 Å². The Balaban J connectivity index is 2.18. The van der Waals surface area contributed by atoms with Crippen LogP contribution in [0.5, 0.6) is 0 Å². The molecule has 3 aromatic rings. The molecule has 0 spiro atoms. The molecule has 0 bridgehead atoms. The van der Waals surface area contributed by atoms with Crippen LogP contribution in [-0.2, 0) is 0 Å². The first kappa shape index (κ1) is 9.67. The van der Waals surface area contributed by atoms with Crippen LogP contribution in [-0.4, -0.2) is 7.85 Å². The van der Waals surface area contributed by atoms with E-state index >= 15 is 0 Å². The number of benzene rings is 2. The van der Waals surface area contributed by atoms with Crippen molar-refractivity contribution in [3.05, 3.63) is 54.6 Å². The molecule has 2 heteroatoms. The monoisotopic (exact) mass is 220 g/mol. The Labute approximate surface area is 100.0 Å². The van der Waals surface area contributed by atoms with Gasteiger partial charge in [-0.3, -0.25) is 0 Å². The van der Waals surface area contributed by atoms with Gasteiger partial charge < -0.3 is 0 Å². The van der Waals surface area contributed by atoms with Crippen molar-refractivity contribution in [1.29, 1.82) is 0 Å². The van der Waals surface area contributed by atoms with E-state index in [1.54, 1.807) is 11.3 Å². The minimum atomic E-state index is 0.864. The van der Waals surface area contributed by atoms with Crippen molar-refractivity contribution in [2.24, 2.45) is 0 Å². The Kier molecular flexibility index (Phi) is 2.30. The first-order valence-electron chi connectivity index (χ1n) is 5.17. The number of thiophene rings is 1. The normalized spacial score (nSPS) is 10.8. The van der Waals surface area contributed by atoms with E-state index < -0.39 is 0 Å². The average molecular weight is 220 g/mol. The second kappa shape index (κ2) is 3.80. The van der Waals surface area contributed by atoms with Gasteiger partial charge in [0.1, 0.15) is 7.85 Å². The average Bonchev–Trinajstić information content (AvgIpc) is 2.75. The summed E-state index contributed by atoms with van der Waals surface area (Å²) in [5.74, 6) is 0. The Morgan fingerprint density at radius 1 is 0.812 bits per heavy atom. The predicted molar refractivity (Wildman–Crippen MR) is 72.6 cm³/mol. The molecule has 0 amide bonds. The fraction of sp³-hybridized carbons (Fsp3) is 0. The van der Waals surface area contributed by atoms with Gasteiger partial charge in [-0.15, -0.1) is 0 Å². The number of rotatable bonds is 1. The molecule has 0 aliphatic rings. The Hall–Kier alpha value is -1.54. The van der Waals surface area contributed by atoms with Gasteiger partial charge in [-0.1, -0.05) is 42.5 Å². The maximum Gasteiger partial charge on any atom is 0.128 e. The van der Waals surface area contributed by atoms with Crippen molar-refractivity contribution in [3.63, 3.8) is 0 Å². The number of hydrogen-bond acceptors (Lipinski definition) is 1. The van der Waals surface area contributed by atoms with Gasteiger partial charge in [0.05, 0.1) is 0 Å². The minimum absolute atomic E-state index is 0.864. The van der Waals surface area contributed by atoms with Gasteiger partial charge in [-0.05, 0) is 33.2 Å². The highest BCUT2D eigenvalue weighted by atomic mass is 32.1. The lowest BCUT2D eigenvalue weighted by atomic mass is 10.1. The lowest BCUT2D eigenvalue weighted by Gasteiger charge is -2.01. The van der Waals surface area contributed by atoms with Crippen LogP contribution in [0.2, 0.25) is 0 Å².